The van der Waals surface area contributed by atoms with Gasteiger partial charge in [-0.25, -0.2) is 4.98 Å². The Hall–Kier alpha value is -1.26. The molecule has 0 aliphatic heterocycles. The second-order valence-electron chi connectivity index (χ2n) is 4.94. The summed E-state index contributed by atoms with van der Waals surface area (Å²) in [6, 6.07) is 4.03. The van der Waals surface area contributed by atoms with Crippen molar-refractivity contribution in [2.24, 2.45) is 0 Å². The highest BCUT2D eigenvalue weighted by Crippen LogP contribution is 2.44. The molecule has 2 heterocycles. The fourth-order valence-corrected chi connectivity index (χ4v) is 3.54. The van der Waals surface area contributed by atoms with Crippen LogP contribution < -0.4 is 5.32 Å². The quantitative estimate of drug-likeness (QED) is 0.917. The van der Waals surface area contributed by atoms with Gasteiger partial charge in [0.1, 0.15) is 5.01 Å². The number of likely N-dealkylation sites (N-methyl/N-ethyl adjacent to an activating group) is 1. The summed E-state index contributed by atoms with van der Waals surface area (Å²) in [6.45, 7) is 1.03. The predicted molar refractivity (Wildman–Crippen MR) is 74.8 cm³/mol. The fraction of sp³-hybridized carbons (Fsp3) is 0.429. The molecule has 2 aromatic heterocycles. The van der Waals surface area contributed by atoms with E-state index in [0.717, 1.165) is 17.1 Å². The van der Waals surface area contributed by atoms with E-state index in [-0.39, 0.29) is 5.41 Å². The number of pyridine rings is 1. The van der Waals surface area contributed by atoms with Crippen LogP contribution in [0, 0.1) is 0 Å². The molecule has 1 fully saturated rings. The van der Waals surface area contributed by atoms with Crippen LogP contribution in [0.3, 0.4) is 0 Å². The topological polar surface area (TPSA) is 37.8 Å². The first-order chi connectivity index (χ1) is 8.84. The average Bonchev–Trinajstić information content (AvgIpc) is 2.84. The summed E-state index contributed by atoms with van der Waals surface area (Å²) in [5.74, 6) is 0. The van der Waals surface area contributed by atoms with Gasteiger partial charge in [0.05, 0.1) is 5.69 Å². The van der Waals surface area contributed by atoms with Gasteiger partial charge in [0.2, 0.25) is 0 Å². The maximum atomic E-state index is 4.83. The number of nitrogens with zero attached hydrogens (tertiary/aromatic N) is 2. The third-order valence-corrected chi connectivity index (χ3v) is 4.67. The molecule has 0 saturated heterocycles. The van der Waals surface area contributed by atoms with Crippen molar-refractivity contribution in [1.82, 2.24) is 15.3 Å². The van der Waals surface area contributed by atoms with Gasteiger partial charge >= 0.3 is 0 Å². The van der Waals surface area contributed by atoms with Crippen molar-refractivity contribution in [2.45, 2.75) is 24.7 Å². The molecule has 18 heavy (non-hydrogen) atoms. The Morgan fingerprint density at radius 3 is 2.94 bits per heavy atom. The largest absolute Gasteiger partial charge is 0.319 e. The van der Waals surface area contributed by atoms with Crippen molar-refractivity contribution >= 4 is 11.3 Å². The van der Waals surface area contributed by atoms with E-state index >= 15 is 0 Å². The smallest absolute Gasteiger partial charge is 0.125 e. The van der Waals surface area contributed by atoms with Crippen LogP contribution in [0.2, 0.25) is 0 Å². The molecule has 2 aromatic rings. The summed E-state index contributed by atoms with van der Waals surface area (Å²) in [4.78, 5) is 8.99. The van der Waals surface area contributed by atoms with Gasteiger partial charge in [-0.3, -0.25) is 4.98 Å². The van der Waals surface area contributed by atoms with Crippen molar-refractivity contribution in [2.75, 3.05) is 13.6 Å². The van der Waals surface area contributed by atoms with Crippen LogP contribution in [-0.2, 0) is 5.41 Å². The van der Waals surface area contributed by atoms with Gasteiger partial charge in [0, 0.05) is 35.3 Å². The monoisotopic (exact) mass is 259 g/mol. The van der Waals surface area contributed by atoms with Crippen LogP contribution in [0.4, 0.5) is 0 Å². The van der Waals surface area contributed by atoms with Gasteiger partial charge in [-0.2, -0.15) is 0 Å². The van der Waals surface area contributed by atoms with Gasteiger partial charge in [-0.05, 0) is 32.0 Å². The minimum Gasteiger partial charge on any atom is -0.319 e. The Balaban J connectivity index is 1.90. The van der Waals surface area contributed by atoms with E-state index in [4.69, 9.17) is 4.98 Å². The molecular formula is C14H17N3S. The maximum absolute atomic E-state index is 4.83. The third kappa shape index (κ3) is 1.95. The molecule has 1 saturated carbocycles. The molecule has 0 aromatic carbocycles. The molecular weight excluding hydrogens is 242 g/mol. The maximum Gasteiger partial charge on any atom is 0.125 e. The number of hydrogen-bond donors (Lipinski definition) is 1. The number of rotatable bonds is 4. The molecule has 0 atom stereocenters. The van der Waals surface area contributed by atoms with E-state index in [1.165, 1.54) is 25.0 Å². The molecule has 1 N–H and O–H groups in total. The van der Waals surface area contributed by atoms with E-state index in [9.17, 15) is 0 Å². The second-order valence-corrected chi connectivity index (χ2v) is 5.80. The van der Waals surface area contributed by atoms with Crippen molar-refractivity contribution in [1.29, 1.82) is 0 Å². The lowest BCUT2D eigenvalue weighted by Crippen LogP contribution is -2.43. The van der Waals surface area contributed by atoms with E-state index in [0.29, 0.717) is 0 Å². The minimum atomic E-state index is 0.283. The Kier molecular flexibility index (Phi) is 3.14. The van der Waals surface area contributed by atoms with Crippen molar-refractivity contribution in [3.8, 4) is 10.6 Å². The standard InChI is InChI=1S/C14H17N3S/c1-15-10-14(5-3-6-14)12-9-18-13(17-12)11-4-2-7-16-8-11/h2,4,7-9,15H,3,5-6,10H2,1H3. The lowest BCUT2D eigenvalue weighted by Gasteiger charge is -2.40. The van der Waals surface area contributed by atoms with Gasteiger partial charge in [0.25, 0.3) is 0 Å². The van der Waals surface area contributed by atoms with Crippen molar-refractivity contribution < 1.29 is 0 Å². The molecule has 0 spiro atoms. The average molecular weight is 259 g/mol. The molecule has 0 unspecified atom stereocenters. The molecule has 1 aliphatic carbocycles. The fourth-order valence-electron chi connectivity index (χ4n) is 2.60. The van der Waals surface area contributed by atoms with Gasteiger partial charge in [0.15, 0.2) is 0 Å². The summed E-state index contributed by atoms with van der Waals surface area (Å²) >= 11 is 1.73. The van der Waals surface area contributed by atoms with E-state index in [2.05, 4.69) is 21.7 Å². The van der Waals surface area contributed by atoms with Crippen LogP contribution in [0.1, 0.15) is 25.0 Å². The first kappa shape index (κ1) is 11.8. The third-order valence-electron chi connectivity index (χ3n) is 3.78. The van der Waals surface area contributed by atoms with E-state index < -0.39 is 0 Å². The van der Waals surface area contributed by atoms with Crippen LogP contribution in [0.25, 0.3) is 10.6 Å². The molecule has 3 nitrogen and oxygen atoms in total. The van der Waals surface area contributed by atoms with Crippen LogP contribution in [0.15, 0.2) is 29.9 Å². The second kappa shape index (κ2) is 4.78. The van der Waals surface area contributed by atoms with Gasteiger partial charge < -0.3 is 5.32 Å². The SMILES string of the molecule is CNCC1(c2csc(-c3cccnc3)n2)CCC1. The Labute approximate surface area is 111 Å². The summed E-state index contributed by atoms with van der Waals surface area (Å²) in [7, 11) is 2.02. The number of hydrogen-bond acceptors (Lipinski definition) is 4. The van der Waals surface area contributed by atoms with Crippen molar-refractivity contribution in [3.63, 3.8) is 0 Å². The normalized spacial score (nSPS) is 17.4. The highest BCUT2D eigenvalue weighted by atomic mass is 32.1. The summed E-state index contributed by atoms with van der Waals surface area (Å²) in [5, 5.41) is 6.62. The molecule has 0 radical (unpaired) electrons. The van der Waals surface area contributed by atoms with Crippen molar-refractivity contribution in [3.05, 3.63) is 35.6 Å². The minimum absolute atomic E-state index is 0.283. The Morgan fingerprint density at radius 1 is 1.44 bits per heavy atom. The molecule has 0 amide bonds. The summed E-state index contributed by atoms with van der Waals surface area (Å²) in [6.07, 6.45) is 7.51. The predicted octanol–water partition coefficient (Wildman–Crippen LogP) is 2.85. The first-order valence-electron chi connectivity index (χ1n) is 6.35. The molecule has 1 aliphatic rings. The number of nitrogens with one attached hydrogen (secondary N) is 1. The van der Waals surface area contributed by atoms with E-state index in [1.807, 2.05) is 19.3 Å². The number of aromatic nitrogens is 2. The zero-order valence-corrected chi connectivity index (χ0v) is 11.3. The lowest BCUT2D eigenvalue weighted by molar-refractivity contribution is 0.233. The molecule has 0 bridgehead atoms. The zero-order valence-electron chi connectivity index (χ0n) is 10.5. The first-order valence-corrected chi connectivity index (χ1v) is 7.23. The lowest BCUT2D eigenvalue weighted by atomic mass is 9.67. The van der Waals surface area contributed by atoms with Gasteiger partial charge in [-0.1, -0.05) is 6.42 Å². The summed E-state index contributed by atoms with van der Waals surface area (Å²) in [5.41, 5.74) is 2.66. The molecule has 94 valence electrons. The van der Waals surface area contributed by atoms with Gasteiger partial charge in [-0.15, -0.1) is 11.3 Å². The zero-order chi connectivity index (χ0) is 12.4. The highest BCUT2D eigenvalue weighted by molar-refractivity contribution is 7.13. The molecule has 3 rings (SSSR count). The van der Waals surface area contributed by atoms with Crippen LogP contribution >= 0.6 is 11.3 Å². The summed E-state index contributed by atoms with van der Waals surface area (Å²) < 4.78 is 0. The highest BCUT2D eigenvalue weighted by Gasteiger charge is 2.40. The van der Waals surface area contributed by atoms with E-state index in [1.54, 1.807) is 17.5 Å². The van der Waals surface area contributed by atoms with Crippen LogP contribution in [-0.4, -0.2) is 23.6 Å². The Bertz CT molecular complexity index is 517. The molecule has 4 heteroatoms. The van der Waals surface area contributed by atoms with Crippen LogP contribution in [0.5, 0.6) is 0 Å². The number of thiazole rings is 1. The Morgan fingerprint density at radius 2 is 2.33 bits per heavy atom.